The fourth-order valence-electron chi connectivity index (χ4n) is 6.30. The molecule has 0 bridgehead atoms. The molecule has 0 aliphatic heterocycles. The fourth-order valence-corrected chi connectivity index (χ4v) is 6.30. The molecule has 0 aromatic rings. The molecule has 0 nitrogen and oxygen atoms in total. The lowest BCUT2D eigenvalue weighted by Gasteiger charge is -2.49. The van der Waals surface area contributed by atoms with Crippen LogP contribution in [-0.4, -0.2) is 0 Å². The zero-order chi connectivity index (χ0) is 13.1. The van der Waals surface area contributed by atoms with E-state index in [2.05, 4.69) is 34.6 Å². The van der Waals surface area contributed by atoms with E-state index < -0.39 is 0 Å². The average molecular weight is 248 g/mol. The van der Waals surface area contributed by atoms with E-state index in [4.69, 9.17) is 0 Å². The molecular formula is C18H32. The van der Waals surface area contributed by atoms with Gasteiger partial charge in [0.1, 0.15) is 0 Å². The van der Waals surface area contributed by atoms with Gasteiger partial charge in [0.15, 0.2) is 0 Å². The van der Waals surface area contributed by atoms with Crippen molar-refractivity contribution in [1.82, 2.24) is 0 Å². The van der Waals surface area contributed by atoms with E-state index in [-0.39, 0.29) is 0 Å². The molecule has 0 aromatic heterocycles. The monoisotopic (exact) mass is 248 g/mol. The van der Waals surface area contributed by atoms with Gasteiger partial charge in [-0.1, -0.05) is 53.9 Å². The summed E-state index contributed by atoms with van der Waals surface area (Å²) in [5.41, 5.74) is 1.45. The van der Waals surface area contributed by atoms with Gasteiger partial charge in [-0.15, -0.1) is 0 Å². The van der Waals surface area contributed by atoms with Crippen molar-refractivity contribution in [2.75, 3.05) is 0 Å². The van der Waals surface area contributed by atoms with Gasteiger partial charge in [0.05, 0.1) is 0 Å². The molecule has 104 valence electrons. The quantitative estimate of drug-likeness (QED) is 0.614. The SMILES string of the molecule is CC(C)CCC1CCC(C23C(C)C2CC3(C)C)C1. The Kier molecular flexibility index (Phi) is 2.89. The Morgan fingerprint density at radius 3 is 2.39 bits per heavy atom. The average Bonchev–Trinajstić information content (AvgIpc) is 2.62. The van der Waals surface area contributed by atoms with Crippen molar-refractivity contribution in [3.8, 4) is 0 Å². The van der Waals surface area contributed by atoms with E-state index in [1.54, 1.807) is 12.8 Å². The van der Waals surface area contributed by atoms with Crippen molar-refractivity contribution in [2.45, 2.75) is 73.1 Å². The Morgan fingerprint density at radius 1 is 1.17 bits per heavy atom. The lowest BCUT2D eigenvalue weighted by molar-refractivity contribution is -0.00337. The van der Waals surface area contributed by atoms with Crippen molar-refractivity contribution >= 4 is 0 Å². The first kappa shape index (κ1) is 13.0. The molecule has 3 aliphatic rings. The smallest absolute Gasteiger partial charge is 0.0158 e. The number of rotatable bonds is 4. The van der Waals surface area contributed by atoms with Gasteiger partial charge in [0, 0.05) is 0 Å². The van der Waals surface area contributed by atoms with Crippen LogP contribution in [0.3, 0.4) is 0 Å². The minimum atomic E-state index is 0.661. The molecule has 0 heterocycles. The molecule has 0 N–H and O–H groups in total. The van der Waals surface area contributed by atoms with Crippen LogP contribution in [0.4, 0.5) is 0 Å². The lowest BCUT2D eigenvalue weighted by Crippen LogP contribution is -2.42. The second kappa shape index (κ2) is 4.00. The maximum absolute atomic E-state index is 2.55. The number of hydrogen-bond donors (Lipinski definition) is 0. The number of hydrogen-bond acceptors (Lipinski definition) is 0. The summed E-state index contributed by atoms with van der Waals surface area (Å²) in [4.78, 5) is 0. The summed E-state index contributed by atoms with van der Waals surface area (Å²) in [7, 11) is 0. The Morgan fingerprint density at radius 2 is 1.89 bits per heavy atom. The highest BCUT2D eigenvalue weighted by Crippen LogP contribution is 2.85. The summed E-state index contributed by atoms with van der Waals surface area (Å²) in [5.74, 6) is 5.20. The zero-order valence-corrected chi connectivity index (χ0v) is 13.1. The van der Waals surface area contributed by atoms with Crippen LogP contribution in [0.1, 0.15) is 73.1 Å². The second-order valence-electron chi connectivity index (χ2n) is 8.76. The van der Waals surface area contributed by atoms with E-state index in [1.165, 1.54) is 25.7 Å². The highest BCUT2D eigenvalue weighted by atomic mass is 14.8. The molecule has 0 radical (unpaired) electrons. The molecule has 3 rings (SSSR count). The third-order valence-electron chi connectivity index (χ3n) is 7.13. The van der Waals surface area contributed by atoms with Gasteiger partial charge in [0.2, 0.25) is 0 Å². The van der Waals surface area contributed by atoms with Gasteiger partial charge in [0.25, 0.3) is 0 Å². The van der Waals surface area contributed by atoms with Crippen LogP contribution in [0.2, 0.25) is 0 Å². The predicted molar refractivity (Wildman–Crippen MR) is 78.4 cm³/mol. The lowest BCUT2D eigenvalue weighted by atomic mass is 9.56. The summed E-state index contributed by atoms with van der Waals surface area (Å²) in [5, 5.41) is 0. The topological polar surface area (TPSA) is 0 Å². The highest BCUT2D eigenvalue weighted by Gasteiger charge is 2.79. The van der Waals surface area contributed by atoms with E-state index >= 15 is 0 Å². The van der Waals surface area contributed by atoms with Gasteiger partial charge in [-0.25, -0.2) is 0 Å². The van der Waals surface area contributed by atoms with E-state index in [0.29, 0.717) is 5.41 Å². The van der Waals surface area contributed by atoms with Crippen LogP contribution < -0.4 is 0 Å². The normalized spacial score (nSPS) is 49.0. The summed E-state index contributed by atoms with van der Waals surface area (Å²) in [6.07, 6.45) is 9.12. The van der Waals surface area contributed by atoms with Crippen molar-refractivity contribution in [3.63, 3.8) is 0 Å². The zero-order valence-electron chi connectivity index (χ0n) is 13.1. The largest absolute Gasteiger partial charge is 0.0628 e. The predicted octanol–water partition coefficient (Wildman–Crippen LogP) is 5.52. The Labute approximate surface area is 114 Å². The van der Waals surface area contributed by atoms with Gasteiger partial charge >= 0.3 is 0 Å². The van der Waals surface area contributed by atoms with Gasteiger partial charge in [-0.2, -0.15) is 0 Å². The van der Waals surface area contributed by atoms with Crippen molar-refractivity contribution < 1.29 is 0 Å². The minimum absolute atomic E-state index is 0.661. The Balaban J connectivity index is 1.60. The summed E-state index contributed by atoms with van der Waals surface area (Å²) in [6, 6.07) is 0. The first-order chi connectivity index (χ1) is 8.39. The first-order valence-corrected chi connectivity index (χ1v) is 8.39. The molecule has 0 heteroatoms. The Bertz CT molecular complexity index is 321. The van der Waals surface area contributed by atoms with Gasteiger partial charge < -0.3 is 0 Å². The van der Waals surface area contributed by atoms with E-state index in [9.17, 15) is 0 Å². The molecule has 0 amide bonds. The summed E-state index contributed by atoms with van der Waals surface area (Å²) < 4.78 is 0. The molecule has 5 atom stereocenters. The summed E-state index contributed by atoms with van der Waals surface area (Å²) in [6.45, 7) is 12.4. The van der Waals surface area contributed by atoms with Crippen LogP contribution in [-0.2, 0) is 0 Å². The van der Waals surface area contributed by atoms with Crippen LogP contribution in [0.25, 0.3) is 0 Å². The molecule has 3 fully saturated rings. The van der Waals surface area contributed by atoms with E-state index in [1.807, 2.05) is 0 Å². The first-order valence-electron chi connectivity index (χ1n) is 8.39. The standard InChI is InChI=1S/C18H32/c1-12(2)6-7-14-8-9-15(10-14)18-13(3)16(18)11-17(18,4)5/h12-16H,6-11H2,1-5H3. The molecule has 18 heavy (non-hydrogen) atoms. The van der Waals surface area contributed by atoms with E-state index in [0.717, 1.165) is 35.0 Å². The molecule has 0 aromatic carbocycles. The number of fused-ring (bicyclic) bond motifs is 1. The van der Waals surface area contributed by atoms with Crippen LogP contribution in [0.5, 0.6) is 0 Å². The van der Waals surface area contributed by atoms with Crippen molar-refractivity contribution in [2.24, 2.45) is 40.4 Å². The Hall–Kier alpha value is 0. The van der Waals surface area contributed by atoms with Crippen molar-refractivity contribution in [3.05, 3.63) is 0 Å². The van der Waals surface area contributed by atoms with Crippen molar-refractivity contribution in [1.29, 1.82) is 0 Å². The second-order valence-corrected chi connectivity index (χ2v) is 8.76. The van der Waals surface area contributed by atoms with Gasteiger partial charge in [-0.3, -0.25) is 0 Å². The third kappa shape index (κ3) is 1.56. The summed E-state index contributed by atoms with van der Waals surface area (Å²) >= 11 is 0. The minimum Gasteiger partial charge on any atom is -0.0628 e. The molecular weight excluding hydrogens is 216 g/mol. The molecule has 0 spiro atoms. The molecule has 5 unspecified atom stereocenters. The maximum atomic E-state index is 2.55. The molecule has 0 saturated heterocycles. The third-order valence-corrected chi connectivity index (χ3v) is 7.13. The van der Waals surface area contributed by atoms with Crippen LogP contribution in [0, 0.1) is 40.4 Å². The molecule has 3 saturated carbocycles. The van der Waals surface area contributed by atoms with Gasteiger partial charge in [-0.05, 0) is 59.7 Å². The maximum Gasteiger partial charge on any atom is -0.0158 e. The fraction of sp³-hybridized carbons (Fsp3) is 1.00. The van der Waals surface area contributed by atoms with Crippen LogP contribution in [0.15, 0.2) is 0 Å². The van der Waals surface area contributed by atoms with Crippen LogP contribution >= 0.6 is 0 Å². The highest BCUT2D eigenvalue weighted by molar-refractivity contribution is 5.27. The molecule has 3 aliphatic carbocycles.